The molecule has 0 saturated carbocycles. The van der Waals surface area contributed by atoms with E-state index in [-0.39, 0.29) is 12.3 Å². The Kier molecular flexibility index (Phi) is 12.7. The van der Waals surface area contributed by atoms with Crippen LogP contribution in [0.1, 0.15) is 60.5 Å². The molecular weight excluding hydrogens is 520 g/mol. The number of halogens is 1. The zero-order valence-corrected chi connectivity index (χ0v) is 24.5. The van der Waals surface area contributed by atoms with Crippen molar-refractivity contribution in [2.75, 3.05) is 24.5 Å². The van der Waals surface area contributed by atoms with E-state index in [0.717, 1.165) is 38.8 Å². The molecule has 0 spiro atoms. The lowest BCUT2D eigenvalue weighted by atomic mass is 10.0. The summed E-state index contributed by atoms with van der Waals surface area (Å²) < 4.78 is 0. The number of carbonyl (C=O) groups is 2. The molecule has 1 amide bonds. The molecule has 1 heterocycles. The van der Waals surface area contributed by atoms with Crippen LogP contribution in [0.4, 0.5) is 5.13 Å². The first-order valence-electron chi connectivity index (χ1n) is 13.0. The summed E-state index contributed by atoms with van der Waals surface area (Å²) in [6, 6.07) is 13.3. The number of thiazole rings is 1. The zero-order valence-electron chi connectivity index (χ0n) is 22.9. The highest BCUT2D eigenvalue weighted by molar-refractivity contribution is 7.16. The van der Waals surface area contributed by atoms with Crippen LogP contribution >= 0.6 is 22.9 Å². The Hall–Kier alpha value is -2.94. The molecule has 7 nitrogen and oxygen atoms in total. The van der Waals surface area contributed by atoms with Crippen LogP contribution in [-0.2, 0) is 17.8 Å². The minimum Gasteiger partial charge on any atom is -0.481 e. The number of hydrogen-bond acceptors (Lipinski definition) is 6. The van der Waals surface area contributed by atoms with Gasteiger partial charge in [0.2, 0.25) is 0 Å². The third kappa shape index (κ3) is 9.11. The smallest absolute Gasteiger partial charge is 0.305 e. The fourth-order valence-corrected chi connectivity index (χ4v) is 5.24. The van der Waals surface area contributed by atoms with Gasteiger partial charge >= 0.3 is 5.97 Å². The molecule has 0 fully saturated rings. The molecule has 206 valence electrons. The number of carbonyl (C=O) groups excluding carboxylic acids is 1. The van der Waals surface area contributed by atoms with E-state index in [9.17, 15) is 14.7 Å². The fraction of sp³-hybridized carbons (Fsp3) is 0.414. The van der Waals surface area contributed by atoms with Gasteiger partial charge in [-0.15, -0.1) is 11.3 Å². The minimum absolute atomic E-state index is 0.0263. The molecule has 1 aromatic heterocycles. The van der Waals surface area contributed by atoms with Gasteiger partial charge in [0.25, 0.3) is 5.91 Å². The van der Waals surface area contributed by atoms with Gasteiger partial charge in [-0.3, -0.25) is 9.59 Å². The molecule has 0 saturated heterocycles. The highest BCUT2D eigenvalue weighted by Crippen LogP contribution is 2.37. The van der Waals surface area contributed by atoms with Crippen molar-refractivity contribution in [1.29, 1.82) is 0 Å². The van der Waals surface area contributed by atoms with Crippen molar-refractivity contribution in [3.8, 4) is 11.3 Å². The van der Waals surface area contributed by atoms with Crippen molar-refractivity contribution in [1.82, 2.24) is 10.3 Å². The standard InChI is InChI=1S/C27H33ClN4O3S.C2H6/c1-17(2)13-23-25(20-8-7-18(3)22(28)15-20)31-27(36-23)32(12-9-24(33)34)16-19-5-4-6-21(14-19)26(35)30-11-10-29;1-2/h4-8,14-15,17H,9-13,16,29H2,1-3H3,(H,30,35)(H,33,34);1-2H3. The first-order chi connectivity index (χ1) is 18.2. The summed E-state index contributed by atoms with van der Waals surface area (Å²) in [5, 5.41) is 13.6. The maximum Gasteiger partial charge on any atom is 0.305 e. The maximum atomic E-state index is 12.4. The molecule has 3 rings (SSSR count). The van der Waals surface area contributed by atoms with Gasteiger partial charge in [-0.1, -0.05) is 63.6 Å². The van der Waals surface area contributed by atoms with Crippen LogP contribution in [0.5, 0.6) is 0 Å². The van der Waals surface area contributed by atoms with Crippen molar-refractivity contribution in [3.63, 3.8) is 0 Å². The predicted molar refractivity (Wildman–Crippen MR) is 158 cm³/mol. The lowest BCUT2D eigenvalue weighted by Crippen LogP contribution is -2.29. The Morgan fingerprint density at radius 1 is 1.18 bits per heavy atom. The molecule has 0 aliphatic rings. The molecule has 4 N–H and O–H groups in total. The number of benzene rings is 2. The van der Waals surface area contributed by atoms with Crippen LogP contribution < -0.4 is 16.0 Å². The summed E-state index contributed by atoms with van der Waals surface area (Å²) in [7, 11) is 0. The second kappa shape index (κ2) is 15.5. The van der Waals surface area contributed by atoms with Crippen LogP contribution in [0.25, 0.3) is 11.3 Å². The highest BCUT2D eigenvalue weighted by atomic mass is 35.5. The Balaban J connectivity index is 0.00000247. The summed E-state index contributed by atoms with van der Waals surface area (Å²) in [5.41, 5.74) is 9.74. The van der Waals surface area contributed by atoms with E-state index in [1.807, 2.05) is 62.1 Å². The summed E-state index contributed by atoms with van der Waals surface area (Å²) in [6.45, 7) is 11.8. The fourth-order valence-electron chi connectivity index (χ4n) is 3.74. The van der Waals surface area contributed by atoms with Gasteiger partial charge in [-0.05, 0) is 48.6 Å². The number of carboxylic acids is 1. The lowest BCUT2D eigenvalue weighted by molar-refractivity contribution is -0.136. The number of aromatic nitrogens is 1. The summed E-state index contributed by atoms with van der Waals surface area (Å²) in [6.07, 6.45) is 0.823. The molecule has 0 atom stereocenters. The van der Waals surface area contributed by atoms with Crippen molar-refractivity contribution in [2.45, 2.75) is 54.0 Å². The largest absolute Gasteiger partial charge is 0.481 e. The normalized spacial score (nSPS) is 10.6. The number of aryl methyl sites for hydroxylation is 1. The van der Waals surface area contributed by atoms with Crippen molar-refractivity contribution >= 4 is 39.9 Å². The quantitative estimate of drug-likeness (QED) is 0.245. The first kappa shape index (κ1) is 31.3. The van der Waals surface area contributed by atoms with E-state index in [0.29, 0.717) is 42.7 Å². The molecule has 0 radical (unpaired) electrons. The molecule has 3 aromatic rings. The van der Waals surface area contributed by atoms with E-state index in [2.05, 4.69) is 19.2 Å². The van der Waals surface area contributed by atoms with Crippen molar-refractivity contribution < 1.29 is 14.7 Å². The van der Waals surface area contributed by atoms with Crippen LogP contribution in [-0.4, -0.2) is 41.6 Å². The highest BCUT2D eigenvalue weighted by Gasteiger charge is 2.20. The maximum absolute atomic E-state index is 12.4. The number of rotatable bonds is 12. The number of nitrogens with one attached hydrogen (secondary N) is 1. The second-order valence-corrected chi connectivity index (χ2v) is 10.6. The second-order valence-electron chi connectivity index (χ2n) is 9.14. The molecule has 0 aliphatic heterocycles. The molecule has 2 aromatic carbocycles. The molecule has 0 unspecified atom stereocenters. The zero-order chi connectivity index (χ0) is 28.2. The number of hydrogen-bond donors (Lipinski definition) is 3. The average molecular weight is 559 g/mol. The third-order valence-electron chi connectivity index (χ3n) is 5.58. The third-order valence-corrected chi connectivity index (χ3v) is 7.13. The van der Waals surface area contributed by atoms with Gasteiger partial charge in [-0.2, -0.15) is 0 Å². The van der Waals surface area contributed by atoms with Gasteiger partial charge in [0.05, 0.1) is 12.1 Å². The van der Waals surface area contributed by atoms with Gasteiger partial charge < -0.3 is 21.1 Å². The summed E-state index contributed by atoms with van der Waals surface area (Å²) >= 11 is 7.99. The predicted octanol–water partition coefficient (Wildman–Crippen LogP) is 6.17. The van der Waals surface area contributed by atoms with E-state index >= 15 is 0 Å². The summed E-state index contributed by atoms with van der Waals surface area (Å²) in [4.78, 5) is 31.9. The van der Waals surface area contributed by atoms with Crippen molar-refractivity contribution in [2.24, 2.45) is 11.7 Å². The Morgan fingerprint density at radius 3 is 2.55 bits per heavy atom. The number of amides is 1. The van der Waals surface area contributed by atoms with E-state index in [1.54, 1.807) is 17.4 Å². The molecule has 38 heavy (non-hydrogen) atoms. The van der Waals surface area contributed by atoms with E-state index in [4.69, 9.17) is 22.3 Å². The Bertz CT molecular complexity index is 1210. The number of carboxylic acid groups (broad SMARTS) is 1. The van der Waals surface area contributed by atoms with Crippen molar-refractivity contribution in [3.05, 3.63) is 69.1 Å². The van der Waals surface area contributed by atoms with E-state index in [1.165, 1.54) is 0 Å². The minimum atomic E-state index is -0.876. The Labute approximate surface area is 235 Å². The summed E-state index contributed by atoms with van der Waals surface area (Å²) in [5.74, 6) is -0.639. The van der Waals surface area contributed by atoms with Gasteiger partial charge in [-0.25, -0.2) is 4.98 Å². The Morgan fingerprint density at radius 2 is 1.92 bits per heavy atom. The van der Waals surface area contributed by atoms with Gasteiger partial charge in [0, 0.05) is 47.2 Å². The number of anilines is 1. The molecule has 0 bridgehead atoms. The topological polar surface area (TPSA) is 109 Å². The van der Waals surface area contributed by atoms with Crippen LogP contribution in [0.15, 0.2) is 42.5 Å². The van der Waals surface area contributed by atoms with Gasteiger partial charge in [0.1, 0.15) is 0 Å². The molecular formula is C29H39ClN4O3S. The molecule has 0 aliphatic carbocycles. The molecule has 9 heteroatoms. The number of nitrogens with zero attached hydrogens (tertiary/aromatic N) is 2. The number of nitrogens with two attached hydrogens (primary N) is 1. The van der Waals surface area contributed by atoms with Gasteiger partial charge in [0.15, 0.2) is 5.13 Å². The monoisotopic (exact) mass is 558 g/mol. The van der Waals surface area contributed by atoms with E-state index < -0.39 is 5.97 Å². The van der Waals surface area contributed by atoms with Crippen LogP contribution in [0, 0.1) is 12.8 Å². The lowest BCUT2D eigenvalue weighted by Gasteiger charge is -2.21. The van der Waals surface area contributed by atoms with Crippen LogP contribution in [0.3, 0.4) is 0 Å². The number of aliphatic carboxylic acids is 1. The SMILES string of the molecule is CC.Cc1ccc(-c2nc(N(CCC(=O)O)Cc3cccc(C(=O)NCCN)c3)sc2CC(C)C)cc1Cl. The first-order valence-corrected chi connectivity index (χ1v) is 14.2. The van der Waals surface area contributed by atoms with Crippen LogP contribution in [0.2, 0.25) is 5.02 Å². The average Bonchev–Trinajstić information content (AvgIpc) is 3.30.